The van der Waals surface area contributed by atoms with Crippen molar-refractivity contribution in [3.63, 3.8) is 0 Å². The molecule has 4 nitrogen and oxygen atoms in total. The topological polar surface area (TPSA) is 55.3 Å². The van der Waals surface area contributed by atoms with E-state index in [-0.39, 0.29) is 29.9 Å². The maximum absolute atomic E-state index is 12.9. The molecule has 3 aliphatic rings. The van der Waals surface area contributed by atoms with Gasteiger partial charge in [-0.25, -0.2) is 0 Å². The van der Waals surface area contributed by atoms with Crippen molar-refractivity contribution in [1.82, 2.24) is 0 Å². The Balaban J connectivity index is 0.00000156. The van der Waals surface area contributed by atoms with Gasteiger partial charge in [0.15, 0.2) is 0 Å². The van der Waals surface area contributed by atoms with Gasteiger partial charge in [0.05, 0.1) is 24.9 Å². The zero-order chi connectivity index (χ0) is 15.2. The zero-order valence-electron chi connectivity index (χ0n) is 13.4. The first-order valence-electron chi connectivity index (χ1n) is 8.45. The average molecular weight is 426 g/mol. The molecule has 1 unspecified atom stereocenters. The summed E-state index contributed by atoms with van der Waals surface area (Å²) >= 11 is 0. The van der Waals surface area contributed by atoms with Gasteiger partial charge in [-0.2, -0.15) is 0 Å². The Labute approximate surface area is 154 Å². The van der Waals surface area contributed by atoms with Crippen LogP contribution in [0.1, 0.15) is 49.7 Å². The summed E-state index contributed by atoms with van der Waals surface area (Å²) in [4.78, 5) is 17.4. The van der Waals surface area contributed by atoms with Crippen molar-refractivity contribution in [3.8, 4) is 0 Å². The van der Waals surface area contributed by atoms with E-state index in [9.17, 15) is 4.79 Å². The molecule has 0 aromatic heterocycles. The van der Waals surface area contributed by atoms with E-state index in [4.69, 9.17) is 4.74 Å². The fraction of sp³-hybridized carbons (Fsp3) is 0.556. The molecule has 4 rings (SSSR count). The minimum absolute atomic E-state index is 0. The number of quaternary nitrogens is 1. The summed E-state index contributed by atoms with van der Waals surface area (Å²) in [6.45, 7) is 3.68. The first kappa shape index (κ1) is 16.9. The lowest BCUT2D eigenvalue weighted by Crippen LogP contribution is -3.00. The Hall–Kier alpha value is -0.950. The second kappa shape index (κ2) is 6.51. The number of nitrogens with two attached hydrogens (primary N) is 1. The molecule has 5 heteroatoms. The molecular weight excluding hydrogens is 403 g/mol. The molecule has 1 aromatic carbocycles. The van der Waals surface area contributed by atoms with E-state index < -0.39 is 5.41 Å². The van der Waals surface area contributed by atoms with Crippen molar-refractivity contribution < 1.29 is 38.8 Å². The lowest BCUT2D eigenvalue weighted by molar-refractivity contribution is -0.702. The number of benzene rings is 1. The highest BCUT2D eigenvalue weighted by Gasteiger charge is 2.54. The van der Waals surface area contributed by atoms with Crippen molar-refractivity contribution in [2.24, 2.45) is 4.99 Å². The van der Waals surface area contributed by atoms with Crippen molar-refractivity contribution in [3.05, 3.63) is 29.3 Å². The highest BCUT2D eigenvalue weighted by molar-refractivity contribution is 6.07. The number of nitrogens with zero attached hydrogens (tertiary/aromatic N) is 1. The van der Waals surface area contributed by atoms with Gasteiger partial charge in [0.2, 0.25) is 0 Å². The number of halogens is 1. The molecule has 0 saturated carbocycles. The molecule has 2 aliphatic heterocycles. The number of rotatable bonds is 3. The van der Waals surface area contributed by atoms with Crippen LogP contribution in [-0.4, -0.2) is 31.4 Å². The van der Waals surface area contributed by atoms with Gasteiger partial charge in [-0.1, -0.05) is 19.1 Å². The summed E-state index contributed by atoms with van der Waals surface area (Å²) in [6.07, 6.45) is 6.01. The molecule has 0 radical (unpaired) electrons. The molecule has 0 bridgehead atoms. The number of hydrogen-bond donors (Lipinski definition) is 1. The number of carbonyl (C=O) groups is 1. The van der Waals surface area contributed by atoms with Crippen molar-refractivity contribution in [2.45, 2.75) is 50.0 Å². The number of esters is 1. The first-order valence-corrected chi connectivity index (χ1v) is 8.45. The Kier molecular flexibility index (Phi) is 4.78. The lowest BCUT2D eigenvalue weighted by Gasteiger charge is -2.41. The molecule has 2 heterocycles. The zero-order valence-corrected chi connectivity index (χ0v) is 15.6. The third kappa shape index (κ3) is 2.52. The Bertz CT molecular complexity index is 646. The summed E-state index contributed by atoms with van der Waals surface area (Å²) in [5.74, 6) is 0.444. The number of ether oxygens (including phenoxy) is 1. The standard InChI is InChI=1S/C18H22N2O2.HI/c1-2-9-22-17(21)18-10-15-12(6-4-8-19-15)13-5-3-7-14(16(13)18)20-11-18;/h3,5,7,11-12,15,19H,2,4,6,8-10H2,1H3;1H/t12-,15-,18?;/m1./s1. The van der Waals surface area contributed by atoms with Crippen LogP contribution in [0.2, 0.25) is 0 Å². The van der Waals surface area contributed by atoms with Crippen LogP contribution in [0.5, 0.6) is 0 Å². The van der Waals surface area contributed by atoms with E-state index in [0.29, 0.717) is 18.6 Å². The predicted molar refractivity (Wildman–Crippen MR) is 84.7 cm³/mol. The van der Waals surface area contributed by atoms with Crippen LogP contribution in [0.4, 0.5) is 5.69 Å². The monoisotopic (exact) mass is 426 g/mol. The molecule has 1 saturated heterocycles. The summed E-state index contributed by atoms with van der Waals surface area (Å²) in [5.41, 5.74) is 2.79. The number of carbonyl (C=O) groups excluding carboxylic acids is 1. The molecular formula is C18H23IN2O2. The van der Waals surface area contributed by atoms with Gasteiger partial charge < -0.3 is 34.0 Å². The lowest BCUT2D eigenvalue weighted by atomic mass is 9.63. The molecule has 124 valence electrons. The van der Waals surface area contributed by atoms with Crippen LogP contribution in [0.15, 0.2) is 23.2 Å². The SMILES string of the molecule is CCCOC(=O)C12C=Nc3cccc(c31)[C@H]1CCC[NH2+][C@@H]1C2.[I-]. The summed E-state index contributed by atoms with van der Waals surface area (Å²) in [6, 6.07) is 6.77. The third-order valence-corrected chi connectivity index (χ3v) is 5.41. The van der Waals surface area contributed by atoms with Crippen molar-refractivity contribution in [2.75, 3.05) is 13.2 Å². The van der Waals surface area contributed by atoms with E-state index in [1.165, 1.54) is 18.4 Å². The van der Waals surface area contributed by atoms with Gasteiger partial charge in [-0.05, 0) is 30.9 Å². The van der Waals surface area contributed by atoms with E-state index >= 15 is 0 Å². The molecule has 1 fully saturated rings. The average Bonchev–Trinajstić information content (AvgIpc) is 2.94. The van der Waals surface area contributed by atoms with Crippen LogP contribution in [-0.2, 0) is 14.9 Å². The van der Waals surface area contributed by atoms with Crippen LogP contribution in [0.25, 0.3) is 0 Å². The van der Waals surface area contributed by atoms with Crippen LogP contribution in [0.3, 0.4) is 0 Å². The maximum atomic E-state index is 12.9. The largest absolute Gasteiger partial charge is 1.00 e. The molecule has 23 heavy (non-hydrogen) atoms. The van der Waals surface area contributed by atoms with Gasteiger partial charge in [-0.15, -0.1) is 0 Å². The van der Waals surface area contributed by atoms with Crippen LogP contribution in [0, 0.1) is 0 Å². The molecule has 0 amide bonds. The van der Waals surface area contributed by atoms with Crippen LogP contribution >= 0.6 is 0 Å². The summed E-state index contributed by atoms with van der Waals surface area (Å²) in [7, 11) is 0. The predicted octanol–water partition coefficient (Wildman–Crippen LogP) is -1.19. The highest BCUT2D eigenvalue weighted by atomic mass is 127. The quantitative estimate of drug-likeness (QED) is 0.489. The summed E-state index contributed by atoms with van der Waals surface area (Å²) < 4.78 is 5.55. The Morgan fingerprint density at radius 2 is 2.35 bits per heavy atom. The Morgan fingerprint density at radius 1 is 1.48 bits per heavy atom. The van der Waals surface area contributed by atoms with E-state index in [0.717, 1.165) is 30.6 Å². The summed E-state index contributed by atoms with van der Waals surface area (Å²) in [5, 5.41) is 2.42. The fourth-order valence-electron chi connectivity index (χ4n) is 4.45. The van der Waals surface area contributed by atoms with E-state index in [1.807, 2.05) is 19.2 Å². The molecule has 3 atom stereocenters. The first-order chi connectivity index (χ1) is 10.8. The normalized spacial score (nSPS) is 30.1. The highest BCUT2D eigenvalue weighted by Crippen LogP contribution is 2.51. The van der Waals surface area contributed by atoms with Gasteiger partial charge in [0.25, 0.3) is 0 Å². The minimum Gasteiger partial charge on any atom is -1.00 e. The molecule has 1 aromatic rings. The van der Waals surface area contributed by atoms with Gasteiger partial charge in [0, 0.05) is 24.1 Å². The van der Waals surface area contributed by atoms with E-state index in [2.05, 4.69) is 22.4 Å². The number of piperidine rings is 1. The number of fused-ring (bicyclic) bond motifs is 2. The molecule has 2 N–H and O–H groups in total. The van der Waals surface area contributed by atoms with Crippen molar-refractivity contribution >= 4 is 17.9 Å². The Morgan fingerprint density at radius 3 is 3.17 bits per heavy atom. The minimum atomic E-state index is -0.643. The fourth-order valence-corrected chi connectivity index (χ4v) is 4.45. The second-order valence-corrected chi connectivity index (χ2v) is 6.75. The van der Waals surface area contributed by atoms with Crippen LogP contribution < -0.4 is 29.3 Å². The molecule has 1 aliphatic carbocycles. The van der Waals surface area contributed by atoms with E-state index in [1.54, 1.807) is 0 Å². The third-order valence-electron chi connectivity index (χ3n) is 5.41. The number of aliphatic imine (C=N–C) groups is 1. The number of hydrogen-bond acceptors (Lipinski definition) is 3. The second-order valence-electron chi connectivity index (χ2n) is 6.75. The van der Waals surface area contributed by atoms with Gasteiger partial charge in [-0.3, -0.25) is 9.79 Å². The smallest absolute Gasteiger partial charge is 0.322 e. The van der Waals surface area contributed by atoms with Gasteiger partial charge in [0.1, 0.15) is 5.41 Å². The van der Waals surface area contributed by atoms with Crippen molar-refractivity contribution in [1.29, 1.82) is 0 Å². The molecule has 0 spiro atoms. The van der Waals surface area contributed by atoms with Gasteiger partial charge >= 0.3 is 5.97 Å². The maximum Gasteiger partial charge on any atom is 0.322 e.